The number of nitrogens with zero attached hydrogens (tertiary/aromatic N) is 4. The Morgan fingerprint density at radius 2 is 1.94 bits per heavy atom. The third-order valence-electron chi connectivity index (χ3n) is 2.75. The molecule has 90 valence electrons. The molecule has 0 bridgehead atoms. The summed E-state index contributed by atoms with van der Waals surface area (Å²) >= 11 is 0. The number of aliphatic hydroxyl groups excluding tert-OH is 1. The second kappa shape index (κ2) is 4.58. The van der Waals surface area contributed by atoms with Crippen LogP contribution >= 0.6 is 0 Å². The topological polar surface area (TPSA) is 63.8 Å². The van der Waals surface area contributed by atoms with E-state index in [1.165, 1.54) is 16.8 Å². The van der Waals surface area contributed by atoms with Gasteiger partial charge in [-0.2, -0.15) is 0 Å². The number of hydrogen-bond acceptors (Lipinski definition) is 4. The third kappa shape index (κ3) is 2.31. The van der Waals surface area contributed by atoms with Crippen molar-refractivity contribution < 1.29 is 9.50 Å². The average Bonchev–Trinajstić information content (AvgIpc) is 2.74. The fourth-order valence-electron chi connectivity index (χ4n) is 1.71. The molecule has 0 amide bonds. The van der Waals surface area contributed by atoms with E-state index >= 15 is 0 Å². The number of aryl methyl sites for hydroxylation is 1. The number of halogens is 1. The van der Waals surface area contributed by atoms with Gasteiger partial charge >= 0.3 is 0 Å². The van der Waals surface area contributed by atoms with Gasteiger partial charge in [-0.05, 0) is 28.1 Å². The minimum Gasteiger partial charge on any atom is -0.388 e. The van der Waals surface area contributed by atoms with E-state index < -0.39 is 6.10 Å². The lowest BCUT2D eigenvalue weighted by atomic mass is 9.97. The summed E-state index contributed by atoms with van der Waals surface area (Å²) in [4.78, 5) is 0. The van der Waals surface area contributed by atoms with Crippen molar-refractivity contribution in [1.82, 2.24) is 20.2 Å². The van der Waals surface area contributed by atoms with E-state index in [1.54, 1.807) is 19.2 Å². The first-order valence-electron chi connectivity index (χ1n) is 5.25. The molecule has 1 N–H and O–H groups in total. The van der Waals surface area contributed by atoms with Crippen LogP contribution in [0.25, 0.3) is 0 Å². The number of rotatable bonds is 3. The molecule has 0 aliphatic carbocycles. The monoisotopic (exact) mass is 236 g/mol. The molecule has 0 radical (unpaired) electrons. The number of benzene rings is 1. The van der Waals surface area contributed by atoms with Crippen molar-refractivity contribution in [2.45, 2.75) is 18.9 Å². The van der Waals surface area contributed by atoms with Gasteiger partial charge in [0, 0.05) is 13.0 Å². The molecule has 0 spiro atoms. The summed E-state index contributed by atoms with van der Waals surface area (Å²) in [6, 6.07) is 5.75. The van der Waals surface area contributed by atoms with Gasteiger partial charge in [-0.3, -0.25) is 0 Å². The Morgan fingerprint density at radius 3 is 2.47 bits per heavy atom. The smallest absolute Gasteiger partial charge is 0.156 e. The fraction of sp³-hybridized carbons (Fsp3) is 0.364. The summed E-state index contributed by atoms with van der Waals surface area (Å²) < 4.78 is 14.3. The van der Waals surface area contributed by atoms with Crippen LogP contribution in [0.4, 0.5) is 4.39 Å². The molecule has 2 atom stereocenters. The fourth-order valence-corrected chi connectivity index (χ4v) is 1.71. The molecule has 2 unspecified atom stereocenters. The number of hydrogen-bond donors (Lipinski definition) is 1. The summed E-state index contributed by atoms with van der Waals surface area (Å²) in [5.41, 5.74) is 0.641. The molecule has 5 nitrogen and oxygen atoms in total. The van der Waals surface area contributed by atoms with Gasteiger partial charge in [0.25, 0.3) is 0 Å². The van der Waals surface area contributed by atoms with Crippen LogP contribution in [0, 0.1) is 5.82 Å². The maximum Gasteiger partial charge on any atom is 0.156 e. The highest BCUT2D eigenvalue weighted by Crippen LogP contribution is 2.28. The van der Waals surface area contributed by atoms with Crippen LogP contribution in [0.2, 0.25) is 0 Å². The summed E-state index contributed by atoms with van der Waals surface area (Å²) in [6.45, 7) is 1.82. The maximum atomic E-state index is 12.8. The van der Waals surface area contributed by atoms with Crippen molar-refractivity contribution in [3.05, 3.63) is 41.5 Å². The van der Waals surface area contributed by atoms with Gasteiger partial charge in [-0.1, -0.05) is 19.1 Å². The molecule has 2 aromatic rings. The van der Waals surface area contributed by atoms with Gasteiger partial charge < -0.3 is 5.11 Å². The van der Waals surface area contributed by atoms with E-state index in [2.05, 4.69) is 15.5 Å². The van der Waals surface area contributed by atoms with Gasteiger partial charge in [0.2, 0.25) is 0 Å². The van der Waals surface area contributed by atoms with Crippen molar-refractivity contribution in [2.24, 2.45) is 7.05 Å². The highest BCUT2D eigenvalue weighted by molar-refractivity contribution is 5.21. The van der Waals surface area contributed by atoms with E-state index in [0.717, 1.165) is 0 Å². The first-order valence-corrected chi connectivity index (χ1v) is 5.25. The quantitative estimate of drug-likeness (QED) is 0.869. The largest absolute Gasteiger partial charge is 0.388 e. The van der Waals surface area contributed by atoms with E-state index in [0.29, 0.717) is 11.4 Å². The Kier molecular flexibility index (Phi) is 3.14. The van der Waals surface area contributed by atoms with Crippen molar-refractivity contribution in [2.75, 3.05) is 0 Å². The van der Waals surface area contributed by atoms with Crippen LogP contribution < -0.4 is 0 Å². The highest BCUT2D eigenvalue weighted by atomic mass is 19.1. The first kappa shape index (κ1) is 11.7. The predicted molar refractivity (Wildman–Crippen MR) is 58.6 cm³/mol. The lowest BCUT2D eigenvalue weighted by Gasteiger charge is -2.17. The van der Waals surface area contributed by atoms with Crippen LogP contribution in [0.3, 0.4) is 0 Å². The zero-order valence-electron chi connectivity index (χ0n) is 9.58. The minimum absolute atomic E-state index is 0.263. The normalized spacial score (nSPS) is 14.6. The number of aromatic nitrogens is 4. The van der Waals surface area contributed by atoms with Gasteiger partial charge in [0.05, 0.1) is 6.10 Å². The van der Waals surface area contributed by atoms with Crippen molar-refractivity contribution in [1.29, 1.82) is 0 Å². The Bertz CT molecular complexity index is 496. The molecule has 0 saturated carbocycles. The lowest BCUT2D eigenvalue weighted by Crippen LogP contribution is -2.12. The van der Waals surface area contributed by atoms with E-state index in [1.807, 2.05) is 6.92 Å². The predicted octanol–water partition coefficient (Wildman–Crippen LogP) is 1.19. The second-order valence-electron chi connectivity index (χ2n) is 3.95. The Labute approximate surface area is 97.9 Å². The molecule has 2 rings (SSSR count). The maximum absolute atomic E-state index is 12.8. The van der Waals surface area contributed by atoms with Crippen molar-refractivity contribution >= 4 is 0 Å². The molecule has 0 saturated heterocycles. The van der Waals surface area contributed by atoms with Crippen LogP contribution in [0.5, 0.6) is 0 Å². The van der Waals surface area contributed by atoms with Crippen LogP contribution in [0.15, 0.2) is 24.3 Å². The Hall–Kier alpha value is -1.82. The Morgan fingerprint density at radius 1 is 1.29 bits per heavy atom. The summed E-state index contributed by atoms with van der Waals surface area (Å²) in [6.07, 6.45) is -0.764. The number of aliphatic hydroxyl groups is 1. The molecule has 1 heterocycles. The molecular formula is C11H13FN4O. The Balaban J connectivity index is 2.23. The molecular weight excluding hydrogens is 223 g/mol. The van der Waals surface area contributed by atoms with E-state index in [4.69, 9.17) is 0 Å². The molecule has 1 aromatic carbocycles. The average molecular weight is 236 g/mol. The zero-order chi connectivity index (χ0) is 12.4. The minimum atomic E-state index is -0.764. The molecule has 1 aromatic heterocycles. The first-order chi connectivity index (χ1) is 8.09. The zero-order valence-corrected chi connectivity index (χ0v) is 9.58. The van der Waals surface area contributed by atoms with Gasteiger partial charge in [0.1, 0.15) is 5.82 Å². The van der Waals surface area contributed by atoms with Crippen molar-refractivity contribution in [3.63, 3.8) is 0 Å². The highest BCUT2D eigenvalue weighted by Gasteiger charge is 2.22. The van der Waals surface area contributed by atoms with E-state index in [-0.39, 0.29) is 11.7 Å². The van der Waals surface area contributed by atoms with Gasteiger partial charge in [-0.15, -0.1) is 5.10 Å². The van der Waals surface area contributed by atoms with E-state index in [9.17, 15) is 9.50 Å². The third-order valence-corrected chi connectivity index (χ3v) is 2.75. The van der Waals surface area contributed by atoms with Crippen LogP contribution in [-0.2, 0) is 7.05 Å². The molecule has 0 aliphatic heterocycles. The van der Waals surface area contributed by atoms with Crippen LogP contribution in [-0.4, -0.2) is 25.3 Å². The standard InChI is InChI=1S/C11H13FN4O/c1-7(11-13-14-15-16(11)2)10(17)8-3-5-9(12)6-4-8/h3-7,10,17H,1-2H3. The summed E-state index contributed by atoms with van der Waals surface area (Å²) in [5, 5.41) is 21.2. The molecule has 0 aliphatic rings. The summed E-state index contributed by atoms with van der Waals surface area (Å²) in [7, 11) is 1.71. The molecule has 0 fully saturated rings. The SMILES string of the molecule is CC(c1nnnn1C)C(O)c1ccc(F)cc1. The van der Waals surface area contributed by atoms with Crippen LogP contribution in [0.1, 0.15) is 30.3 Å². The van der Waals surface area contributed by atoms with Gasteiger partial charge in [0.15, 0.2) is 5.82 Å². The van der Waals surface area contributed by atoms with Crippen molar-refractivity contribution in [3.8, 4) is 0 Å². The number of tetrazole rings is 1. The molecule has 17 heavy (non-hydrogen) atoms. The second-order valence-corrected chi connectivity index (χ2v) is 3.95. The lowest BCUT2D eigenvalue weighted by molar-refractivity contribution is 0.146. The molecule has 6 heteroatoms. The summed E-state index contributed by atoms with van der Waals surface area (Å²) in [5.74, 6) is -0.00351. The van der Waals surface area contributed by atoms with Gasteiger partial charge in [-0.25, -0.2) is 9.07 Å².